The number of nitrogens with one attached hydrogen (secondary N) is 1. The normalized spacial score (nSPS) is 26.2. The van der Waals surface area contributed by atoms with Gasteiger partial charge >= 0.3 is 0 Å². The predicted molar refractivity (Wildman–Crippen MR) is 80.1 cm³/mol. The molecule has 17 heavy (non-hydrogen) atoms. The van der Waals surface area contributed by atoms with Crippen LogP contribution in [0.4, 0.5) is 0 Å². The summed E-state index contributed by atoms with van der Waals surface area (Å²) in [5.41, 5.74) is 2.56. The first-order chi connectivity index (χ1) is 8.19. The van der Waals surface area contributed by atoms with Crippen LogP contribution in [-0.4, -0.2) is 21.8 Å². The van der Waals surface area contributed by atoms with Crippen LogP contribution in [0.5, 0.6) is 0 Å². The number of hydrogen-bond acceptors (Lipinski definition) is 2. The molecule has 2 rings (SSSR count). The molecule has 2 atom stereocenters. The van der Waals surface area contributed by atoms with E-state index < -0.39 is 0 Å². The Balaban J connectivity index is 1.95. The molecule has 1 heterocycles. The Morgan fingerprint density at radius 1 is 1.35 bits per heavy atom. The Morgan fingerprint density at radius 3 is 2.65 bits per heavy atom. The molecule has 0 saturated carbocycles. The summed E-state index contributed by atoms with van der Waals surface area (Å²) in [6, 6.07) is 9.05. The molecule has 1 aromatic rings. The molecule has 2 unspecified atom stereocenters. The molecular weight excluding hydrogens is 296 g/mol. The summed E-state index contributed by atoms with van der Waals surface area (Å²) in [6.45, 7) is 5.07. The highest BCUT2D eigenvalue weighted by Gasteiger charge is 2.27. The second-order valence-corrected chi connectivity index (χ2v) is 6.23. The molecule has 0 bridgehead atoms. The van der Waals surface area contributed by atoms with E-state index in [-0.39, 0.29) is 0 Å². The van der Waals surface area contributed by atoms with Crippen molar-refractivity contribution in [1.29, 1.82) is 0 Å². The molecule has 92 valence electrons. The number of halogens is 1. The van der Waals surface area contributed by atoms with Crippen molar-refractivity contribution >= 4 is 32.9 Å². The lowest BCUT2D eigenvalue weighted by atomic mass is 10.1. The number of alkyl halides is 1. The molecule has 0 spiro atoms. The van der Waals surface area contributed by atoms with Gasteiger partial charge in [-0.2, -0.15) is 0 Å². The first-order valence-electron chi connectivity index (χ1n) is 5.78. The molecule has 2 nitrogen and oxygen atoms in total. The molecular formula is C13H17BrN2S. The highest BCUT2D eigenvalue weighted by Crippen LogP contribution is 2.25. The Hall–Kier alpha value is -0.480. The summed E-state index contributed by atoms with van der Waals surface area (Å²) in [7, 11) is 0. The van der Waals surface area contributed by atoms with E-state index in [0.29, 0.717) is 11.3 Å². The average molecular weight is 313 g/mol. The van der Waals surface area contributed by atoms with Gasteiger partial charge in [0.05, 0.1) is 6.54 Å². The fraction of sp³-hybridized carbons (Fsp3) is 0.462. The zero-order chi connectivity index (χ0) is 12.3. The summed E-state index contributed by atoms with van der Waals surface area (Å²) in [5.74, 6) is 0. The Morgan fingerprint density at radius 2 is 2.06 bits per heavy atom. The van der Waals surface area contributed by atoms with E-state index in [4.69, 9.17) is 0 Å². The van der Waals surface area contributed by atoms with Gasteiger partial charge in [-0.15, -0.1) is 0 Å². The van der Waals surface area contributed by atoms with Gasteiger partial charge in [0.25, 0.3) is 0 Å². The van der Waals surface area contributed by atoms with Crippen molar-refractivity contribution in [1.82, 2.24) is 5.32 Å². The maximum atomic E-state index is 4.62. The monoisotopic (exact) mass is 312 g/mol. The van der Waals surface area contributed by atoms with Crippen molar-refractivity contribution in [2.75, 3.05) is 5.33 Å². The molecule has 0 radical (unpaired) electrons. The second-order valence-electron chi connectivity index (χ2n) is 4.35. The van der Waals surface area contributed by atoms with E-state index in [9.17, 15) is 0 Å². The molecule has 1 aromatic carbocycles. The van der Waals surface area contributed by atoms with Crippen molar-refractivity contribution in [3.63, 3.8) is 0 Å². The zero-order valence-electron chi connectivity index (χ0n) is 10.1. The van der Waals surface area contributed by atoms with E-state index in [1.807, 2.05) is 11.8 Å². The quantitative estimate of drug-likeness (QED) is 0.866. The maximum absolute atomic E-state index is 4.62. The van der Waals surface area contributed by atoms with Gasteiger partial charge in [-0.3, -0.25) is 4.99 Å². The number of benzene rings is 1. The van der Waals surface area contributed by atoms with E-state index in [0.717, 1.165) is 17.0 Å². The molecule has 1 aliphatic heterocycles. The van der Waals surface area contributed by atoms with Gasteiger partial charge in [-0.1, -0.05) is 57.5 Å². The number of amidine groups is 1. The highest BCUT2D eigenvalue weighted by atomic mass is 79.9. The largest absolute Gasteiger partial charge is 0.361 e. The van der Waals surface area contributed by atoms with Crippen LogP contribution in [0.2, 0.25) is 0 Å². The lowest BCUT2D eigenvalue weighted by Gasteiger charge is -2.07. The molecule has 1 aliphatic rings. The summed E-state index contributed by atoms with van der Waals surface area (Å²) >= 11 is 5.37. The molecule has 4 heteroatoms. The van der Waals surface area contributed by atoms with Crippen LogP contribution in [0.3, 0.4) is 0 Å². The van der Waals surface area contributed by atoms with Crippen LogP contribution in [-0.2, 0) is 6.54 Å². The van der Waals surface area contributed by atoms with Crippen molar-refractivity contribution in [3.8, 4) is 0 Å². The number of nitrogens with zero attached hydrogens (tertiary/aromatic N) is 1. The Labute approximate surface area is 115 Å². The van der Waals surface area contributed by atoms with E-state index >= 15 is 0 Å². The maximum Gasteiger partial charge on any atom is 0.157 e. The van der Waals surface area contributed by atoms with Crippen molar-refractivity contribution in [2.24, 2.45) is 4.99 Å². The van der Waals surface area contributed by atoms with Crippen molar-refractivity contribution < 1.29 is 0 Å². The Bertz CT molecular complexity index is 402. The molecule has 1 fully saturated rings. The minimum absolute atomic E-state index is 0.496. The van der Waals surface area contributed by atoms with E-state index in [1.165, 1.54) is 11.1 Å². The summed E-state index contributed by atoms with van der Waals surface area (Å²) < 4.78 is 0. The number of rotatable bonds is 3. The van der Waals surface area contributed by atoms with Gasteiger partial charge in [0.2, 0.25) is 0 Å². The van der Waals surface area contributed by atoms with Gasteiger partial charge in [0.1, 0.15) is 0 Å². The van der Waals surface area contributed by atoms with E-state index in [2.05, 4.69) is 64.4 Å². The van der Waals surface area contributed by atoms with Crippen LogP contribution in [0, 0.1) is 6.92 Å². The minimum atomic E-state index is 0.496. The van der Waals surface area contributed by atoms with Crippen LogP contribution >= 0.6 is 27.7 Å². The summed E-state index contributed by atoms with van der Waals surface area (Å²) in [4.78, 5) is 4.62. The smallest absolute Gasteiger partial charge is 0.157 e. The molecule has 1 saturated heterocycles. The van der Waals surface area contributed by atoms with E-state index in [1.54, 1.807) is 0 Å². The molecule has 1 N–H and O–H groups in total. The van der Waals surface area contributed by atoms with Gasteiger partial charge in [-0.25, -0.2) is 0 Å². The number of thioether (sulfide) groups is 1. The second kappa shape index (κ2) is 5.91. The lowest BCUT2D eigenvalue weighted by molar-refractivity contribution is 0.684. The van der Waals surface area contributed by atoms with Crippen LogP contribution < -0.4 is 5.32 Å². The zero-order valence-corrected chi connectivity index (χ0v) is 12.5. The van der Waals surface area contributed by atoms with Gasteiger partial charge in [0, 0.05) is 16.6 Å². The fourth-order valence-corrected chi connectivity index (χ4v) is 3.64. The van der Waals surface area contributed by atoms with Gasteiger partial charge < -0.3 is 5.32 Å². The molecule has 0 aromatic heterocycles. The van der Waals surface area contributed by atoms with Crippen LogP contribution in [0.1, 0.15) is 18.1 Å². The molecule has 0 aliphatic carbocycles. The standard InChI is InChI=1S/C13H17BrN2S/c1-9-3-5-11(6-4-9)8-15-13-16-10(2)12(7-14)17-13/h3-6,10,12H,7-8H2,1-2H3,(H,15,16). The number of aryl methyl sites for hydroxylation is 1. The summed E-state index contributed by atoms with van der Waals surface area (Å²) in [6.07, 6.45) is 0. The van der Waals surface area contributed by atoms with Crippen LogP contribution in [0.25, 0.3) is 0 Å². The third kappa shape index (κ3) is 3.49. The van der Waals surface area contributed by atoms with Crippen LogP contribution in [0.15, 0.2) is 29.3 Å². The third-order valence-electron chi connectivity index (χ3n) is 2.85. The fourth-order valence-electron chi connectivity index (χ4n) is 1.67. The van der Waals surface area contributed by atoms with Gasteiger partial charge in [-0.05, 0) is 19.4 Å². The highest BCUT2D eigenvalue weighted by molar-refractivity contribution is 9.09. The van der Waals surface area contributed by atoms with Crippen molar-refractivity contribution in [2.45, 2.75) is 31.7 Å². The lowest BCUT2D eigenvalue weighted by Crippen LogP contribution is -2.28. The molecule has 0 amide bonds. The van der Waals surface area contributed by atoms with Gasteiger partial charge in [0.15, 0.2) is 5.17 Å². The number of aliphatic imine (C=N–C) groups is 1. The Kier molecular flexibility index (Phi) is 4.51. The third-order valence-corrected chi connectivity index (χ3v) is 5.32. The topological polar surface area (TPSA) is 24.4 Å². The SMILES string of the molecule is Cc1ccc(CN=C2NC(C)C(CBr)S2)cc1. The summed E-state index contributed by atoms with van der Waals surface area (Å²) in [5, 5.41) is 6.09. The minimum Gasteiger partial charge on any atom is -0.361 e. The van der Waals surface area contributed by atoms with Crippen molar-refractivity contribution in [3.05, 3.63) is 35.4 Å². The first-order valence-corrected chi connectivity index (χ1v) is 7.78. The first kappa shape index (κ1) is 13.0. The number of hydrogen-bond donors (Lipinski definition) is 1. The predicted octanol–water partition coefficient (Wildman–Crippen LogP) is 3.34. The average Bonchev–Trinajstić information content (AvgIpc) is 2.69.